The summed E-state index contributed by atoms with van der Waals surface area (Å²) in [7, 11) is -2.29. The molecule has 0 unspecified atom stereocenters. The second-order valence-corrected chi connectivity index (χ2v) is 9.52. The number of alkyl halides is 3. The number of methoxy groups -OCH3 is 1. The number of hydrogen-bond donors (Lipinski definition) is 0. The lowest BCUT2D eigenvalue weighted by atomic mass is 10.1. The van der Waals surface area contributed by atoms with Gasteiger partial charge in [-0.2, -0.15) is 17.5 Å². The van der Waals surface area contributed by atoms with Crippen molar-refractivity contribution in [2.24, 2.45) is 0 Å². The van der Waals surface area contributed by atoms with Gasteiger partial charge in [-0.3, -0.25) is 0 Å². The van der Waals surface area contributed by atoms with Crippen molar-refractivity contribution in [3.05, 3.63) is 59.9 Å². The van der Waals surface area contributed by atoms with Gasteiger partial charge in [0.2, 0.25) is 15.8 Å². The highest BCUT2D eigenvalue weighted by atomic mass is 32.2. The van der Waals surface area contributed by atoms with Crippen LogP contribution in [-0.4, -0.2) is 51.2 Å². The van der Waals surface area contributed by atoms with Gasteiger partial charge in [0.05, 0.1) is 17.7 Å². The van der Waals surface area contributed by atoms with E-state index in [9.17, 15) is 21.6 Å². The van der Waals surface area contributed by atoms with Crippen LogP contribution >= 0.6 is 0 Å². The maximum Gasteiger partial charge on any atom is 0.452 e. The molecule has 0 aliphatic carbocycles. The van der Waals surface area contributed by atoms with Gasteiger partial charge in [-0.1, -0.05) is 29.4 Å². The van der Waals surface area contributed by atoms with Crippen LogP contribution in [0.2, 0.25) is 0 Å². The summed E-state index contributed by atoms with van der Waals surface area (Å²) < 4.78 is 76.5. The largest absolute Gasteiger partial charge is 0.495 e. The van der Waals surface area contributed by atoms with Crippen molar-refractivity contribution in [2.75, 3.05) is 38.2 Å². The van der Waals surface area contributed by atoms with Crippen LogP contribution in [0.1, 0.15) is 11.3 Å². The number of halogens is 3. The van der Waals surface area contributed by atoms with Crippen LogP contribution < -0.4 is 9.64 Å². The summed E-state index contributed by atoms with van der Waals surface area (Å²) in [6.45, 7) is 3.09. The zero-order valence-electron chi connectivity index (χ0n) is 18.0. The lowest BCUT2D eigenvalue weighted by Gasteiger charge is -2.36. The smallest absolute Gasteiger partial charge is 0.452 e. The molecule has 0 bridgehead atoms. The van der Waals surface area contributed by atoms with Crippen LogP contribution in [-0.2, 0) is 16.2 Å². The summed E-state index contributed by atoms with van der Waals surface area (Å²) in [6.07, 6.45) is -4.67. The number of aromatic nitrogens is 1. The first kappa shape index (κ1) is 23.1. The Hall–Kier alpha value is -3.05. The van der Waals surface area contributed by atoms with Crippen molar-refractivity contribution >= 4 is 15.7 Å². The number of ether oxygens (including phenoxy) is 1. The summed E-state index contributed by atoms with van der Waals surface area (Å²) in [5.41, 5.74) is 1.53. The van der Waals surface area contributed by atoms with Gasteiger partial charge in [0.15, 0.2) is 0 Å². The Bertz CT molecular complexity index is 1250. The molecule has 4 rings (SSSR count). The highest BCUT2D eigenvalue weighted by Crippen LogP contribution is 2.34. The molecule has 2 heterocycles. The fraction of sp³-hybridized carbons (Fsp3) is 0.318. The normalized spacial score (nSPS) is 15.6. The number of hydrogen-bond acceptors (Lipinski definition) is 6. The molecule has 0 spiro atoms. The number of sulfonamides is 1. The summed E-state index contributed by atoms with van der Waals surface area (Å²) >= 11 is 0. The highest BCUT2D eigenvalue weighted by molar-refractivity contribution is 7.89. The number of aryl methyl sites for hydroxylation is 1. The van der Waals surface area contributed by atoms with E-state index < -0.39 is 22.0 Å². The molecule has 0 saturated carbocycles. The molecular weight excluding hydrogens is 459 g/mol. The Morgan fingerprint density at radius 3 is 2.36 bits per heavy atom. The van der Waals surface area contributed by atoms with Gasteiger partial charge in [-0.25, -0.2) is 8.42 Å². The molecule has 1 aliphatic rings. The first-order valence-electron chi connectivity index (χ1n) is 10.1. The van der Waals surface area contributed by atoms with E-state index in [1.54, 1.807) is 20.1 Å². The Morgan fingerprint density at radius 2 is 1.73 bits per heavy atom. The minimum atomic E-state index is -4.67. The van der Waals surface area contributed by atoms with Crippen LogP contribution in [0.4, 0.5) is 18.9 Å². The van der Waals surface area contributed by atoms with Crippen LogP contribution in [0.5, 0.6) is 5.75 Å². The molecule has 7 nitrogen and oxygen atoms in total. The molecule has 3 aromatic rings. The monoisotopic (exact) mass is 481 g/mol. The maximum absolute atomic E-state index is 13.4. The zero-order chi connectivity index (χ0) is 23.8. The Labute approximate surface area is 189 Å². The van der Waals surface area contributed by atoms with E-state index in [0.717, 1.165) is 11.8 Å². The topological polar surface area (TPSA) is 75.9 Å². The lowest BCUT2D eigenvalue weighted by Crippen LogP contribution is -2.48. The van der Waals surface area contributed by atoms with E-state index in [2.05, 4.69) is 14.6 Å². The molecule has 1 aliphatic heterocycles. The number of rotatable bonds is 5. The number of para-hydroxylation sites is 2. The van der Waals surface area contributed by atoms with Crippen LogP contribution in [0, 0.1) is 6.92 Å². The van der Waals surface area contributed by atoms with Gasteiger partial charge in [0.1, 0.15) is 11.4 Å². The fourth-order valence-electron chi connectivity index (χ4n) is 3.78. The first-order valence-corrected chi connectivity index (χ1v) is 11.6. The predicted octanol–water partition coefficient (Wildman–Crippen LogP) is 4.19. The van der Waals surface area contributed by atoms with Crippen molar-refractivity contribution in [2.45, 2.75) is 18.0 Å². The SMILES string of the molecule is COc1ccccc1N1CCN(S(=O)(=O)c2cc(-c3cc(C(F)(F)F)on3)ccc2C)CC1. The third kappa shape index (κ3) is 4.55. The molecule has 11 heteroatoms. The van der Waals surface area contributed by atoms with E-state index in [0.29, 0.717) is 24.4 Å². The van der Waals surface area contributed by atoms with Gasteiger partial charge in [-0.15, -0.1) is 0 Å². The average Bonchev–Trinajstić information content (AvgIpc) is 3.30. The summed E-state index contributed by atoms with van der Waals surface area (Å²) in [5.74, 6) is -0.530. The van der Waals surface area contributed by atoms with Gasteiger partial charge < -0.3 is 14.2 Å². The lowest BCUT2D eigenvalue weighted by molar-refractivity contribution is -0.155. The number of nitrogens with zero attached hydrogens (tertiary/aromatic N) is 3. The molecule has 2 aromatic carbocycles. The second kappa shape index (κ2) is 8.71. The van der Waals surface area contributed by atoms with Crippen molar-refractivity contribution < 1.29 is 30.8 Å². The van der Waals surface area contributed by atoms with Crippen molar-refractivity contribution in [3.8, 4) is 17.0 Å². The summed E-state index contributed by atoms with van der Waals surface area (Å²) in [4.78, 5) is 2.09. The van der Waals surface area contributed by atoms with E-state index in [4.69, 9.17) is 4.74 Å². The maximum atomic E-state index is 13.4. The van der Waals surface area contributed by atoms with Gasteiger partial charge in [0.25, 0.3) is 0 Å². The second-order valence-electron chi connectivity index (χ2n) is 7.62. The minimum Gasteiger partial charge on any atom is -0.495 e. The standard InChI is InChI=1S/C22H22F3N3O4S/c1-15-7-8-16(17-14-21(32-26-17)22(23,24)25)13-20(15)33(29,30)28-11-9-27(10-12-28)18-5-3-4-6-19(18)31-2/h3-8,13-14H,9-12H2,1-2H3. The molecule has 1 fully saturated rings. The van der Waals surface area contributed by atoms with Crippen molar-refractivity contribution in [1.29, 1.82) is 0 Å². The van der Waals surface area contributed by atoms with Crippen molar-refractivity contribution in [3.63, 3.8) is 0 Å². The molecular formula is C22H22F3N3O4S. The average molecular weight is 481 g/mol. The molecule has 176 valence electrons. The number of piperazine rings is 1. The molecule has 0 radical (unpaired) electrons. The Balaban J connectivity index is 1.57. The first-order chi connectivity index (χ1) is 15.6. The van der Waals surface area contributed by atoms with E-state index in [-0.39, 0.29) is 29.2 Å². The molecule has 1 saturated heterocycles. The van der Waals surface area contributed by atoms with Crippen molar-refractivity contribution in [1.82, 2.24) is 9.46 Å². The molecule has 0 N–H and O–H groups in total. The molecule has 33 heavy (non-hydrogen) atoms. The zero-order valence-corrected chi connectivity index (χ0v) is 18.8. The quantitative estimate of drug-likeness (QED) is 0.544. The number of benzene rings is 2. The fourth-order valence-corrected chi connectivity index (χ4v) is 5.45. The summed E-state index contributed by atoms with van der Waals surface area (Å²) in [6, 6.07) is 12.7. The predicted molar refractivity (Wildman–Crippen MR) is 116 cm³/mol. The Morgan fingerprint density at radius 1 is 1.03 bits per heavy atom. The minimum absolute atomic E-state index is 0.0299. The number of anilines is 1. The van der Waals surface area contributed by atoms with E-state index in [1.165, 1.54) is 16.4 Å². The molecule has 0 atom stereocenters. The van der Waals surface area contributed by atoms with Gasteiger partial charge in [-0.05, 0) is 30.7 Å². The van der Waals surface area contributed by atoms with Crippen LogP contribution in [0.25, 0.3) is 11.3 Å². The Kier molecular flexibility index (Phi) is 6.10. The highest BCUT2D eigenvalue weighted by Gasteiger charge is 2.36. The summed E-state index contributed by atoms with van der Waals surface area (Å²) in [5, 5.41) is 3.46. The van der Waals surface area contributed by atoms with Gasteiger partial charge in [0, 0.05) is 37.8 Å². The van der Waals surface area contributed by atoms with Crippen LogP contribution in [0.15, 0.2) is 57.9 Å². The molecule has 1 aromatic heterocycles. The third-order valence-corrected chi connectivity index (χ3v) is 7.60. The van der Waals surface area contributed by atoms with Crippen LogP contribution in [0.3, 0.4) is 0 Å². The van der Waals surface area contributed by atoms with E-state index in [1.807, 2.05) is 24.3 Å². The third-order valence-electron chi connectivity index (χ3n) is 5.56. The molecule has 0 amide bonds. The van der Waals surface area contributed by atoms with Gasteiger partial charge >= 0.3 is 6.18 Å². The van der Waals surface area contributed by atoms with E-state index >= 15 is 0 Å².